The van der Waals surface area contributed by atoms with E-state index in [9.17, 15) is 13.2 Å². The van der Waals surface area contributed by atoms with Crippen molar-refractivity contribution in [1.29, 1.82) is 5.26 Å². The number of pyridine rings is 1. The summed E-state index contributed by atoms with van der Waals surface area (Å²) in [6.07, 6.45) is -1.00. The smallest absolute Gasteiger partial charge is 0.369 e. The van der Waals surface area contributed by atoms with Crippen molar-refractivity contribution in [2.45, 2.75) is 12.6 Å². The Morgan fingerprint density at radius 3 is 2.48 bits per heavy atom. The van der Waals surface area contributed by atoms with Crippen molar-refractivity contribution in [2.75, 3.05) is 11.9 Å². The van der Waals surface area contributed by atoms with Crippen molar-refractivity contribution >= 4 is 5.82 Å². The molecule has 0 amide bonds. The van der Waals surface area contributed by atoms with Crippen LogP contribution in [0.3, 0.4) is 0 Å². The lowest BCUT2D eigenvalue weighted by molar-refractivity contribution is -0.137. The number of aromatic nitrogens is 3. The predicted octanol–water partition coefficient (Wildman–Crippen LogP) is 4.55. The van der Waals surface area contributed by atoms with Crippen molar-refractivity contribution in [3.63, 3.8) is 0 Å². The SMILES string of the molecule is N#CCCNc1cc(-c2cccc(C(F)(F)F)c2)nc(-c2ccncc2)n1. The van der Waals surface area contributed by atoms with Crippen LogP contribution in [-0.2, 0) is 6.18 Å². The first-order valence-electron chi connectivity index (χ1n) is 8.05. The lowest BCUT2D eigenvalue weighted by atomic mass is 10.1. The second-order valence-corrected chi connectivity index (χ2v) is 5.61. The van der Waals surface area contributed by atoms with Gasteiger partial charge in [-0.05, 0) is 24.3 Å². The van der Waals surface area contributed by atoms with Gasteiger partial charge in [-0.1, -0.05) is 12.1 Å². The maximum Gasteiger partial charge on any atom is 0.416 e. The van der Waals surface area contributed by atoms with E-state index in [1.54, 1.807) is 36.7 Å². The Kier molecular flexibility index (Phi) is 5.31. The molecule has 0 unspecified atom stereocenters. The number of rotatable bonds is 5. The molecule has 0 aliphatic carbocycles. The van der Waals surface area contributed by atoms with Gasteiger partial charge in [0.15, 0.2) is 5.82 Å². The molecule has 0 saturated heterocycles. The van der Waals surface area contributed by atoms with E-state index in [1.807, 2.05) is 6.07 Å². The molecular weight excluding hydrogens is 355 g/mol. The van der Waals surface area contributed by atoms with Gasteiger partial charge in [-0.25, -0.2) is 9.97 Å². The number of nitriles is 1. The summed E-state index contributed by atoms with van der Waals surface area (Å²) in [4.78, 5) is 12.7. The predicted molar refractivity (Wildman–Crippen MR) is 94.4 cm³/mol. The third-order valence-corrected chi connectivity index (χ3v) is 3.69. The van der Waals surface area contributed by atoms with Crippen molar-refractivity contribution in [3.8, 4) is 28.7 Å². The van der Waals surface area contributed by atoms with Gasteiger partial charge < -0.3 is 5.32 Å². The van der Waals surface area contributed by atoms with Gasteiger partial charge in [0.25, 0.3) is 0 Å². The number of hydrogen-bond donors (Lipinski definition) is 1. The molecule has 27 heavy (non-hydrogen) atoms. The molecule has 2 aromatic heterocycles. The zero-order valence-electron chi connectivity index (χ0n) is 14.0. The van der Waals surface area contributed by atoms with E-state index in [4.69, 9.17) is 5.26 Å². The molecule has 0 aliphatic heterocycles. The number of nitrogens with one attached hydrogen (secondary N) is 1. The molecule has 0 radical (unpaired) electrons. The third kappa shape index (κ3) is 4.58. The molecule has 5 nitrogen and oxygen atoms in total. The van der Waals surface area contributed by atoms with Gasteiger partial charge in [0.1, 0.15) is 5.82 Å². The van der Waals surface area contributed by atoms with Gasteiger partial charge in [-0.2, -0.15) is 18.4 Å². The van der Waals surface area contributed by atoms with E-state index in [0.717, 1.165) is 12.1 Å². The van der Waals surface area contributed by atoms with E-state index in [0.29, 0.717) is 35.0 Å². The molecule has 0 fully saturated rings. The van der Waals surface area contributed by atoms with Crippen molar-refractivity contribution < 1.29 is 13.2 Å². The number of nitrogens with zero attached hydrogens (tertiary/aromatic N) is 4. The summed E-state index contributed by atoms with van der Waals surface area (Å²) in [5.41, 5.74) is 0.610. The summed E-state index contributed by atoms with van der Waals surface area (Å²) in [5, 5.41) is 11.7. The monoisotopic (exact) mass is 369 g/mol. The van der Waals surface area contributed by atoms with Crippen LogP contribution >= 0.6 is 0 Å². The maximum absolute atomic E-state index is 13.0. The molecule has 2 heterocycles. The molecule has 0 bridgehead atoms. The summed E-state index contributed by atoms with van der Waals surface area (Å²) in [6.45, 7) is 0.366. The second kappa shape index (κ2) is 7.83. The van der Waals surface area contributed by atoms with Crippen molar-refractivity contribution in [1.82, 2.24) is 15.0 Å². The Morgan fingerprint density at radius 1 is 1.00 bits per heavy atom. The highest BCUT2D eigenvalue weighted by atomic mass is 19.4. The molecular formula is C19H14F3N5. The lowest BCUT2D eigenvalue weighted by Crippen LogP contribution is -2.06. The lowest BCUT2D eigenvalue weighted by Gasteiger charge is -2.11. The Balaban J connectivity index is 2.06. The third-order valence-electron chi connectivity index (χ3n) is 3.69. The number of anilines is 1. The highest BCUT2D eigenvalue weighted by Gasteiger charge is 2.30. The Morgan fingerprint density at radius 2 is 1.78 bits per heavy atom. The van der Waals surface area contributed by atoms with Gasteiger partial charge in [-0.3, -0.25) is 4.98 Å². The summed E-state index contributed by atoms with van der Waals surface area (Å²) in [7, 11) is 0. The van der Waals surface area contributed by atoms with E-state index < -0.39 is 11.7 Å². The van der Waals surface area contributed by atoms with Crippen molar-refractivity contribution in [3.05, 3.63) is 60.4 Å². The first-order valence-corrected chi connectivity index (χ1v) is 8.05. The molecule has 0 aliphatic rings. The van der Waals surface area contributed by atoms with E-state index >= 15 is 0 Å². The summed E-state index contributed by atoms with van der Waals surface area (Å²) < 4.78 is 39.1. The van der Waals surface area contributed by atoms with Crippen molar-refractivity contribution in [2.24, 2.45) is 0 Å². The average molecular weight is 369 g/mol. The van der Waals surface area contributed by atoms with E-state index in [1.165, 1.54) is 6.07 Å². The van der Waals surface area contributed by atoms with Crippen LogP contribution in [0.4, 0.5) is 19.0 Å². The summed E-state index contributed by atoms with van der Waals surface area (Å²) in [6, 6.07) is 12.0. The van der Waals surface area contributed by atoms with Crippen LogP contribution in [0.15, 0.2) is 54.9 Å². The normalized spacial score (nSPS) is 11.0. The molecule has 136 valence electrons. The second-order valence-electron chi connectivity index (χ2n) is 5.61. The standard InChI is InChI=1S/C19H14F3N5/c20-19(21,22)15-4-1-3-14(11-15)16-12-17(25-8-2-7-23)27-18(26-16)13-5-9-24-10-6-13/h1,3-6,9-12H,2,8H2,(H,25,26,27). The molecule has 0 atom stereocenters. The van der Waals surface area contributed by atoms with Crippen LogP contribution in [0.25, 0.3) is 22.6 Å². The van der Waals surface area contributed by atoms with Gasteiger partial charge in [0.05, 0.1) is 23.7 Å². The van der Waals surface area contributed by atoms with Gasteiger partial charge in [0.2, 0.25) is 0 Å². The van der Waals surface area contributed by atoms with Crippen LogP contribution in [0.1, 0.15) is 12.0 Å². The fourth-order valence-electron chi connectivity index (χ4n) is 2.42. The summed E-state index contributed by atoms with van der Waals surface area (Å²) in [5.74, 6) is 0.784. The number of hydrogen-bond acceptors (Lipinski definition) is 5. The van der Waals surface area contributed by atoms with E-state index in [-0.39, 0.29) is 6.42 Å². The molecule has 1 N–H and O–H groups in total. The molecule has 0 saturated carbocycles. The largest absolute Gasteiger partial charge is 0.416 e. The van der Waals surface area contributed by atoms with Crippen LogP contribution < -0.4 is 5.32 Å². The fraction of sp³-hybridized carbons (Fsp3) is 0.158. The maximum atomic E-state index is 13.0. The highest BCUT2D eigenvalue weighted by molar-refractivity contribution is 5.68. The molecule has 3 rings (SSSR count). The van der Waals surface area contributed by atoms with Crippen LogP contribution in [0.5, 0.6) is 0 Å². The first kappa shape index (κ1) is 18.3. The minimum Gasteiger partial charge on any atom is -0.369 e. The molecule has 0 spiro atoms. The average Bonchev–Trinajstić information content (AvgIpc) is 2.68. The first-order chi connectivity index (χ1) is 13.0. The molecule has 1 aromatic carbocycles. The van der Waals surface area contributed by atoms with Gasteiger partial charge in [-0.15, -0.1) is 0 Å². The van der Waals surface area contributed by atoms with Gasteiger partial charge in [0, 0.05) is 36.1 Å². The van der Waals surface area contributed by atoms with Gasteiger partial charge >= 0.3 is 6.18 Å². The quantitative estimate of drug-likeness (QED) is 0.668. The van der Waals surface area contributed by atoms with Crippen LogP contribution in [-0.4, -0.2) is 21.5 Å². The topological polar surface area (TPSA) is 74.5 Å². The minimum atomic E-state index is -4.44. The van der Waals surface area contributed by atoms with Crippen LogP contribution in [0, 0.1) is 11.3 Å². The van der Waals surface area contributed by atoms with E-state index in [2.05, 4.69) is 20.3 Å². The number of halogens is 3. The van der Waals surface area contributed by atoms with Crippen LogP contribution in [0.2, 0.25) is 0 Å². The molecule has 8 heteroatoms. The number of alkyl halides is 3. The number of benzene rings is 1. The zero-order chi connectivity index (χ0) is 19.3. The zero-order valence-corrected chi connectivity index (χ0v) is 14.0. The Bertz CT molecular complexity index is 965. The minimum absolute atomic E-state index is 0.271. The highest BCUT2D eigenvalue weighted by Crippen LogP contribution is 2.32. The fourth-order valence-corrected chi connectivity index (χ4v) is 2.42. The Labute approximate surface area is 153 Å². The molecule has 3 aromatic rings. The Hall–Kier alpha value is -3.47. The summed E-state index contributed by atoms with van der Waals surface area (Å²) >= 11 is 0.